The second kappa shape index (κ2) is 8.36. The number of piperidine rings is 1. The minimum atomic E-state index is -0.550. The summed E-state index contributed by atoms with van der Waals surface area (Å²) in [7, 11) is 0. The maximum Gasteiger partial charge on any atom is 0.407 e. The molecule has 0 bridgehead atoms. The van der Waals surface area contributed by atoms with Crippen LogP contribution in [0.1, 0.15) is 65.0 Å². The van der Waals surface area contributed by atoms with Crippen LogP contribution in [0.25, 0.3) is 0 Å². The Labute approximate surface area is 166 Å². The van der Waals surface area contributed by atoms with Crippen LogP contribution in [0.4, 0.5) is 9.59 Å². The molecule has 9 heteroatoms. The number of alkyl carbamates (subject to hydrolysis) is 1. The maximum absolute atomic E-state index is 12.8. The first kappa shape index (κ1) is 20.4. The Morgan fingerprint density at radius 3 is 2.75 bits per heavy atom. The molecule has 28 heavy (non-hydrogen) atoms. The third kappa shape index (κ3) is 4.94. The quantitative estimate of drug-likeness (QED) is 0.818. The molecule has 0 radical (unpaired) electrons. The van der Waals surface area contributed by atoms with Gasteiger partial charge in [-0.15, -0.1) is 10.2 Å². The molecule has 0 aliphatic carbocycles. The van der Waals surface area contributed by atoms with Gasteiger partial charge in [0.05, 0.1) is 12.6 Å². The molecule has 3 rings (SSSR count). The molecule has 0 spiro atoms. The van der Waals surface area contributed by atoms with Crippen molar-refractivity contribution in [2.75, 3.05) is 6.54 Å². The van der Waals surface area contributed by atoms with Crippen molar-refractivity contribution in [3.8, 4) is 0 Å². The van der Waals surface area contributed by atoms with E-state index < -0.39 is 11.7 Å². The molecule has 0 unspecified atom stereocenters. The smallest absolute Gasteiger partial charge is 0.407 e. The van der Waals surface area contributed by atoms with E-state index in [0.29, 0.717) is 13.1 Å². The third-order valence-corrected chi connectivity index (χ3v) is 5.22. The molecule has 1 fully saturated rings. The first-order valence-electron chi connectivity index (χ1n) is 10.2. The number of aromatic nitrogens is 3. The summed E-state index contributed by atoms with van der Waals surface area (Å²) in [6, 6.07) is -0.387. The third-order valence-electron chi connectivity index (χ3n) is 5.22. The normalized spacial score (nSPS) is 20.4. The number of nitrogens with one attached hydrogen (secondary N) is 2. The van der Waals surface area contributed by atoms with Gasteiger partial charge in [-0.3, -0.25) is 0 Å². The molecule has 156 valence electrons. The maximum atomic E-state index is 12.8. The van der Waals surface area contributed by atoms with Crippen LogP contribution >= 0.6 is 0 Å². The minimum Gasteiger partial charge on any atom is -0.444 e. The number of hydrogen-bond acceptors (Lipinski definition) is 5. The predicted octanol–water partition coefficient (Wildman–Crippen LogP) is 2.20. The van der Waals surface area contributed by atoms with Crippen LogP contribution in [-0.2, 0) is 24.2 Å². The number of carbonyl (C=O) groups excluding carboxylic acids is 2. The number of ether oxygens (including phenoxy) is 1. The van der Waals surface area contributed by atoms with Gasteiger partial charge in [0.15, 0.2) is 5.82 Å². The van der Waals surface area contributed by atoms with Crippen LogP contribution in [0, 0.1) is 0 Å². The van der Waals surface area contributed by atoms with E-state index in [1.54, 1.807) is 0 Å². The lowest BCUT2D eigenvalue weighted by atomic mass is 9.97. The van der Waals surface area contributed by atoms with Gasteiger partial charge in [0.1, 0.15) is 11.4 Å². The van der Waals surface area contributed by atoms with Crippen molar-refractivity contribution in [3.63, 3.8) is 0 Å². The second-order valence-corrected chi connectivity index (χ2v) is 8.64. The number of amides is 3. The summed E-state index contributed by atoms with van der Waals surface area (Å²) in [4.78, 5) is 26.8. The molecule has 2 N–H and O–H groups in total. The summed E-state index contributed by atoms with van der Waals surface area (Å²) < 4.78 is 7.43. The van der Waals surface area contributed by atoms with Crippen molar-refractivity contribution in [1.82, 2.24) is 30.3 Å². The Balaban J connectivity index is 1.57. The molecule has 1 aromatic rings. The molecule has 2 aliphatic rings. The fourth-order valence-electron chi connectivity index (χ4n) is 3.92. The molecule has 2 atom stereocenters. The molecule has 2 aliphatic heterocycles. The lowest BCUT2D eigenvalue weighted by Crippen LogP contribution is -2.57. The molecule has 1 aromatic heterocycles. The van der Waals surface area contributed by atoms with E-state index in [-0.39, 0.29) is 18.1 Å². The zero-order valence-corrected chi connectivity index (χ0v) is 17.3. The summed E-state index contributed by atoms with van der Waals surface area (Å²) >= 11 is 0. The fraction of sp³-hybridized carbons (Fsp3) is 0.789. The number of nitrogens with zero attached hydrogens (tertiary/aromatic N) is 4. The van der Waals surface area contributed by atoms with Gasteiger partial charge in [-0.2, -0.15) is 0 Å². The van der Waals surface area contributed by atoms with Crippen LogP contribution in [0.5, 0.6) is 0 Å². The number of hydrogen-bond donors (Lipinski definition) is 2. The molecule has 3 amide bonds. The summed E-state index contributed by atoms with van der Waals surface area (Å²) in [5, 5.41) is 14.2. The molecule has 0 saturated carbocycles. The van der Waals surface area contributed by atoms with Gasteiger partial charge in [0, 0.05) is 25.6 Å². The van der Waals surface area contributed by atoms with E-state index in [0.717, 1.165) is 50.3 Å². The standard InChI is InChI=1S/C19H32N6O3/c1-13(21-18(27)28-19(2,3)4)14-8-5-6-10-24(14)17(26)20-12-16-23-22-15-9-7-11-25(15)16/h13-14H,5-12H2,1-4H3,(H,20,26)(H,21,27)/t13-,14-/m1/s1. The van der Waals surface area contributed by atoms with E-state index in [9.17, 15) is 9.59 Å². The lowest BCUT2D eigenvalue weighted by Gasteiger charge is -2.39. The highest BCUT2D eigenvalue weighted by molar-refractivity contribution is 5.75. The van der Waals surface area contributed by atoms with Crippen molar-refractivity contribution < 1.29 is 14.3 Å². The van der Waals surface area contributed by atoms with E-state index in [1.807, 2.05) is 32.6 Å². The van der Waals surface area contributed by atoms with Crippen molar-refractivity contribution >= 4 is 12.1 Å². The Hall–Kier alpha value is -2.32. The van der Waals surface area contributed by atoms with Crippen molar-refractivity contribution in [1.29, 1.82) is 0 Å². The fourth-order valence-corrected chi connectivity index (χ4v) is 3.92. The van der Waals surface area contributed by atoms with Crippen LogP contribution in [0.2, 0.25) is 0 Å². The average Bonchev–Trinajstić information content (AvgIpc) is 3.22. The number of rotatable bonds is 4. The average molecular weight is 393 g/mol. The van der Waals surface area contributed by atoms with Crippen LogP contribution in [0.15, 0.2) is 0 Å². The highest BCUT2D eigenvalue weighted by Gasteiger charge is 2.32. The van der Waals surface area contributed by atoms with E-state index >= 15 is 0 Å². The topological polar surface area (TPSA) is 101 Å². The molecule has 3 heterocycles. The van der Waals surface area contributed by atoms with Crippen LogP contribution in [-0.4, -0.2) is 56.0 Å². The number of aryl methyl sites for hydroxylation is 1. The number of carbonyl (C=O) groups is 2. The molecule has 0 aromatic carbocycles. The molecule has 1 saturated heterocycles. The van der Waals surface area contributed by atoms with Gasteiger partial charge < -0.3 is 24.8 Å². The molecular formula is C19H32N6O3. The Morgan fingerprint density at radius 1 is 1.21 bits per heavy atom. The Morgan fingerprint density at radius 2 is 2.00 bits per heavy atom. The van der Waals surface area contributed by atoms with Gasteiger partial charge in [-0.1, -0.05) is 0 Å². The van der Waals surface area contributed by atoms with Crippen molar-refractivity contribution in [2.24, 2.45) is 0 Å². The van der Waals surface area contributed by atoms with E-state index in [1.165, 1.54) is 0 Å². The van der Waals surface area contributed by atoms with Gasteiger partial charge in [0.2, 0.25) is 0 Å². The highest BCUT2D eigenvalue weighted by Crippen LogP contribution is 2.21. The van der Waals surface area contributed by atoms with Crippen molar-refractivity contribution in [3.05, 3.63) is 11.6 Å². The first-order valence-corrected chi connectivity index (χ1v) is 10.2. The molecular weight excluding hydrogens is 360 g/mol. The van der Waals surface area contributed by atoms with Gasteiger partial charge in [-0.25, -0.2) is 9.59 Å². The largest absolute Gasteiger partial charge is 0.444 e. The SMILES string of the molecule is C[C@@H](NC(=O)OC(C)(C)C)[C@H]1CCCCN1C(=O)NCc1nnc2n1CCC2. The first-order chi connectivity index (χ1) is 13.2. The number of fused-ring (bicyclic) bond motifs is 1. The summed E-state index contributed by atoms with van der Waals surface area (Å²) in [5.41, 5.74) is -0.550. The van der Waals surface area contributed by atoms with Crippen LogP contribution < -0.4 is 10.6 Å². The second-order valence-electron chi connectivity index (χ2n) is 8.64. The predicted molar refractivity (Wildman–Crippen MR) is 104 cm³/mol. The van der Waals surface area contributed by atoms with Crippen molar-refractivity contribution in [2.45, 2.75) is 90.6 Å². The zero-order chi connectivity index (χ0) is 20.3. The Kier molecular flexibility index (Phi) is 6.10. The van der Waals surface area contributed by atoms with Gasteiger partial charge in [0.25, 0.3) is 0 Å². The zero-order valence-electron chi connectivity index (χ0n) is 17.3. The highest BCUT2D eigenvalue weighted by atomic mass is 16.6. The van der Waals surface area contributed by atoms with E-state index in [2.05, 4.69) is 25.4 Å². The Bertz CT molecular complexity index is 711. The van der Waals surface area contributed by atoms with Gasteiger partial charge in [-0.05, 0) is 53.4 Å². The summed E-state index contributed by atoms with van der Waals surface area (Å²) in [5.74, 6) is 1.80. The van der Waals surface area contributed by atoms with Gasteiger partial charge >= 0.3 is 12.1 Å². The van der Waals surface area contributed by atoms with Crippen LogP contribution in [0.3, 0.4) is 0 Å². The lowest BCUT2D eigenvalue weighted by molar-refractivity contribution is 0.0462. The monoisotopic (exact) mass is 392 g/mol. The number of likely N-dealkylation sites (tertiary alicyclic amines) is 1. The van der Waals surface area contributed by atoms with E-state index in [4.69, 9.17) is 4.74 Å². The molecule has 9 nitrogen and oxygen atoms in total. The summed E-state index contributed by atoms with van der Waals surface area (Å²) in [6.07, 6.45) is 4.42. The number of urea groups is 1. The summed E-state index contributed by atoms with van der Waals surface area (Å²) in [6.45, 7) is 9.37. The minimum absolute atomic E-state index is 0.0645.